The molecule has 1 atom stereocenters. The molecule has 2 aromatic rings. The number of hydrogen-bond acceptors (Lipinski definition) is 4. The summed E-state index contributed by atoms with van der Waals surface area (Å²) in [6, 6.07) is 5.65. The standard InChI is InChI=1S/C19H21F2N3O4/c20-19(21)11-14(17(26)22-8-3-4-9-22)24(12-19)16(25)7-10-23-13-5-1-2-6-15(13)28-18(23)27/h1-2,5-6,14H,3-4,7-12H2/t14-/m0/s1. The maximum Gasteiger partial charge on any atom is 0.419 e. The van der Waals surface area contributed by atoms with Crippen molar-refractivity contribution in [2.45, 2.75) is 44.2 Å². The van der Waals surface area contributed by atoms with Gasteiger partial charge in [0, 0.05) is 32.5 Å². The normalized spacial score (nSPS) is 21.6. The Morgan fingerprint density at radius 3 is 2.64 bits per heavy atom. The predicted octanol–water partition coefficient (Wildman–Crippen LogP) is 1.84. The number of para-hydroxylation sites is 2. The van der Waals surface area contributed by atoms with Gasteiger partial charge in [0.2, 0.25) is 11.8 Å². The van der Waals surface area contributed by atoms with Gasteiger partial charge < -0.3 is 14.2 Å². The van der Waals surface area contributed by atoms with E-state index in [2.05, 4.69) is 0 Å². The number of nitrogens with zero attached hydrogens (tertiary/aromatic N) is 3. The van der Waals surface area contributed by atoms with E-state index in [4.69, 9.17) is 4.42 Å². The van der Waals surface area contributed by atoms with Crippen molar-refractivity contribution in [1.29, 1.82) is 0 Å². The molecule has 2 fully saturated rings. The van der Waals surface area contributed by atoms with E-state index in [9.17, 15) is 23.2 Å². The quantitative estimate of drug-likeness (QED) is 0.795. The van der Waals surface area contributed by atoms with E-state index >= 15 is 0 Å². The van der Waals surface area contributed by atoms with Crippen LogP contribution in [0.15, 0.2) is 33.5 Å². The SMILES string of the molecule is O=C([C@@H]1CC(F)(F)CN1C(=O)CCn1c(=O)oc2ccccc21)N1CCCC1. The maximum atomic E-state index is 14.0. The number of oxazole rings is 1. The number of carbonyl (C=O) groups excluding carboxylic acids is 2. The summed E-state index contributed by atoms with van der Waals surface area (Å²) < 4.78 is 34.4. The summed E-state index contributed by atoms with van der Waals surface area (Å²) >= 11 is 0. The lowest BCUT2D eigenvalue weighted by Crippen LogP contribution is -2.47. The fraction of sp³-hybridized carbons (Fsp3) is 0.526. The molecule has 3 heterocycles. The number of likely N-dealkylation sites (tertiary alicyclic amines) is 2. The average molecular weight is 393 g/mol. The lowest BCUT2D eigenvalue weighted by atomic mass is 10.1. The van der Waals surface area contributed by atoms with Gasteiger partial charge in [-0.05, 0) is 25.0 Å². The molecule has 0 unspecified atom stereocenters. The largest absolute Gasteiger partial charge is 0.419 e. The molecule has 2 aliphatic heterocycles. The van der Waals surface area contributed by atoms with Crippen LogP contribution in [0.2, 0.25) is 0 Å². The van der Waals surface area contributed by atoms with Gasteiger partial charge in [-0.1, -0.05) is 12.1 Å². The number of aromatic nitrogens is 1. The second kappa shape index (κ2) is 7.03. The first-order valence-electron chi connectivity index (χ1n) is 9.40. The van der Waals surface area contributed by atoms with Crippen molar-refractivity contribution in [2.24, 2.45) is 0 Å². The number of benzene rings is 1. The number of halogens is 2. The molecule has 2 aliphatic rings. The van der Waals surface area contributed by atoms with Gasteiger partial charge in [0.25, 0.3) is 5.92 Å². The summed E-state index contributed by atoms with van der Waals surface area (Å²) in [7, 11) is 0. The Hall–Kier alpha value is -2.71. The van der Waals surface area contributed by atoms with Crippen LogP contribution in [-0.4, -0.2) is 57.8 Å². The molecule has 0 bridgehead atoms. The van der Waals surface area contributed by atoms with Crippen molar-refractivity contribution in [3.8, 4) is 0 Å². The third-order valence-electron chi connectivity index (χ3n) is 5.42. The fourth-order valence-corrected chi connectivity index (χ4v) is 4.02. The average Bonchev–Trinajstić information content (AvgIpc) is 3.36. The van der Waals surface area contributed by atoms with E-state index in [0.29, 0.717) is 24.2 Å². The number of alkyl halides is 2. The molecule has 150 valence electrons. The van der Waals surface area contributed by atoms with Crippen LogP contribution in [0, 0.1) is 0 Å². The summed E-state index contributed by atoms with van der Waals surface area (Å²) in [6.07, 6.45) is 0.879. The maximum absolute atomic E-state index is 14.0. The van der Waals surface area contributed by atoms with Crippen LogP contribution in [0.4, 0.5) is 8.78 Å². The third kappa shape index (κ3) is 3.41. The molecule has 0 N–H and O–H groups in total. The predicted molar refractivity (Wildman–Crippen MR) is 96.0 cm³/mol. The molecule has 1 aromatic heterocycles. The zero-order valence-electron chi connectivity index (χ0n) is 15.3. The molecule has 2 saturated heterocycles. The number of amides is 2. The molecule has 0 radical (unpaired) electrons. The zero-order valence-corrected chi connectivity index (χ0v) is 15.3. The number of fused-ring (bicyclic) bond motifs is 1. The highest BCUT2D eigenvalue weighted by Gasteiger charge is 2.50. The second-order valence-electron chi connectivity index (χ2n) is 7.37. The minimum Gasteiger partial charge on any atom is -0.408 e. The summed E-state index contributed by atoms with van der Waals surface area (Å²) in [4.78, 5) is 39.9. The highest BCUT2D eigenvalue weighted by Crippen LogP contribution is 2.34. The Morgan fingerprint density at radius 2 is 1.89 bits per heavy atom. The van der Waals surface area contributed by atoms with E-state index in [-0.39, 0.29) is 13.0 Å². The molecule has 28 heavy (non-hydrogen) atoms. The van der Waals surface area contributed by atoms with Crippen molar-refractivity contribution in [2.75, 3.05) is 19.6 Å². The minimum absolute atomic E-state index is 0.00137. The van der Waals surface area contributed by atoms with Crippen LogP contribution in [0.3, 0.4) is 0 Å². The van der Waals surface area contributed by atoms with Crippen molar-refractivity contribution in [3.05, 3.63) is 34.8 Å². The first-order valence-corrected chi connectivity index (χ1v) is 9.40. The van der Waals surface area contributed by atoms with Gasteiger partial charge in [-0.15, -0.1) is 0 Å². The molecule has 7 nitrogen and oxygen atoms in total. The van der Waals surface area contributed by atoms with E-state index < -0.39 is 42.5 Å². The summed E-state index contributed by atoms with van der Waals surface area (Å²) in [5.41, 5.74) is 0.937. The van der Waals surface area contributed by atoms with Crippen molar-refractivity contribution in [1.82, 2.24) is 14.4 Å². The Bertz CT molecular complexity index is 961. The monoisotopic (exact) mass is 393 g/mol. The van der Waals surface area contributed by atoms with Crippen LogP contribution in [0.1, 0.15) is 25.7 Å². The Morgan fingerprint density at radius 1 is 1.18 bits per heavy atom. The molecule has 9 heteroatoms. The summed E-state index contributed by atoms with van der Waals surface area (Å²) in [5, 5.41) is 0. The first-order chi connectivity index (χ1) is 13.4. The molecule has 1 aromatic carbocycles. The fourth-order valence-electron chi connectivity index (χ4n) is 4.02. The highest BCUT2D eigenvalue weighted by atomic mass is 19.3. The van der Waals surface area contributed by atoms with Crippen molar-refractivity contribution >= 4 is 22.9 Å². The van der Waals surface area contributed by atoms with Gasteiger partial charge >= 0.3 is 5.76 Å². The second-order valence-corrected chi connectivity index (χ2v) is 7.37. The van der Waals surface area contributed by atoms with Gasteiger partial charge in [0.1, 0.15) is 6.04 Å². The highest BCUT2D eigenvalue weighted by molar-refractivity contribution is 5.88. The van der Waals surface area contributed by atoms with Gasteiger partial charge in [-0.2, -0.15) is 0 Å². The first kappa shape index (κ1) is 18.6. The number of rotatable bonds is 4. The van der Waals surface area contributed by atoms with Crippen LogP contribution >= 0.6 is 0 Å². The van der Waals surface area contributed by atoms with Crippen LogP contribution < -0.4 is 5.76 Å². The Balaban J connectivity index is 1.50. The molecule has 0 saturated carbocycles. The lowest BCUT2D eigenvalue weighted by Gasteiger charge is -2.27. The topological polar surface area (TPSA) is 75.8 Å². The minimum atomic E-state index is -3.09. The Kier molecular flexibility index (Phi) is 4.68. The van der Waals surface area contributed by atoms with E-state index in [1.54, 1.807) is 29.2 Å². The van der Waals surface area contributed by atoms with E-state index in [1.807, 2.05) is 0 Å². The Labute approximate surface area is 159 Å². The molecule has 2 amide bonds. The van der Waals surface area contributed by atoms with Gasteiger partial charge in [0.05, 0.1) is 12.1 Å². The number of carbonyl (C=O) groups is 2. The summed E-state index contributed by atoms with van der Waals surface area (Å²) in [6.45, 7) is 0.317. The van der Waals surface area contributed by atoms with E-state index in [1.165, 1.54) is 4.57 Å². The van der Waals surface area contributed by atoms with E-state index in [0.717, 1.165) is 17.7 Å². The third-order valence-corrected chi connectivity index (χ3v) is 5.42. The molecule has 0 aliphatic carbocycles. The van der Waals surface area contributed by atoms with Crippen LogP contribution in [0.5, 0.6) is 0 Å². The molecular formula is C19H21F2N3O4. The molecule has 0 spiro atoms. The number of hydrogen-bond donors (Lipinski definition) is 0. The van der Waals surface area contributed by atoms with Gasteiger partial charge in [0.15, 0.2) is 5.58 Å². The molecular weight excluding hydrogens is 372 g/mol. The van der Waals surface area contributed by atoms with Crippen molar-refractivity contribution < 1.29 is 22.8 Å². The smallest absolute Gasteiger partial charge is 0.408 e. The molecule has 4 rings (SSSR count). The lowest BCUT2D eigenvalue weighted by molar-refractivity contribution is -0.143. The zero-order chi connectivity index (χ0) is 19.9. The summed E-state index contributed by atoms with van der Waals surface area (Å²) in [5.74, 6) is -4.67. The van der Waals surface area contributed by atoms with Crippen LogP contribution in [-0.2, 0) is 16.1 Å². The van der Waals surface area contributed by atoms with Crippen LogP contribution in [0.25, 0.3) is 11.1 Å². The van der Waals surface area contributed by atoms with Gasteiger partial charge in [-0.3, -0.25) is 14.2 Å². The number of aryl methyl sites for hydroxylation is 1. The van der Waals surface area contributed by atoms with Crippen molar-refractivity contribution in [3.63, 3.8) is 0 Å². The van der Waals surface area contributed by atoms with Gasteiger partial charge in [-0.25, -0.2) is 13.6 Å².